The predicted molar refractivity (Wildman–Crippen MR) is 76.8 cm³/mol. The molecule has 0 spiro atoms. The van der Waals surface area contributed by atoms with Gasteiger partial charge in [0.1, 0.15) is 12.4 Å². The largest absolute Gasteiger partial charge is 0.492 e. The van der Waals surface area contributed by atoms with Gasteiger partial charge in [-0.05, 0) is 24.3 Å². The highest BCUT2D eigenvalue weighted by atomic mass is 16.5. The van der Waals surface area contributed by atoms with Crippen molar-refractivity contribution in [3.63, 3.8) is 0 Å². The number of oxazole rings is 1. The molecule has 5 heteroatoms. The Bertz CT molecular complexity index is 789. The maximum absolute atomic E-state index is 11.8. The molecule has 0 amide bonds. The molecule has 0 unspecified atom stereocenters. The van der Waals surface area contributed by atoms with Crippen molar-refractivity contribution in [1.82, 2.24) is 4.57 Å². The van der Waals surface area contributed by atoms with E-state index >= 15 is 0 Å². The summed E-state index contributed by atoms with van der Waals surface area (Å²) in [7, 11) is 0. The quantitative estimate of drug-likeness (QED) is 0.738. The summed E-state index contributed by atoms with van der Waals surface area (Å²) in [5.41, 5.74) is 7.68. The van der Waals surface area contributed by atoms with Crippen molar-refractivity contribution in [1.29, 1.82) is 0 Å². The second-order valence-electron chi connectivity index (χ2n) is 4.41. The van der Waals surface area contributed by atoms with Crippen LogP contribution in [0.1, 0.15) is 0 Å². The lowest BCUT2D eigenvalue weighted by Crippen LogP contribution is -2.18. The van der Waals surface area contributed by atoms with E-state index in [2.05, 4.69) is 0 Å². The van der Waals surface area contributed by atoms with Crippen LogP contribution in [0.4, 0.5) is 5.69 Å². The van der Waals surface area contributed by atoms with Crippen LogP contribution in [0.5, 0.6) is 5.75 Å². The molecule has 0 bridgehead atoms. The van der Waals surface area contributed by atoms with Crippen LogP contribution >= 0.6 is 0 Å². The molecule has 0 radical (unpaired) electrons. The summed E-state index contributed by atoms with van der Waals surface area (Å²) < 4.78 is 12.3. The Hall–Kier alpha value is -2.69. The van der Waals surface area contributed by atoms with Crippen molar-refractivity contribution in [2.45, 2.75) is 6.54 Å². The lowest BCUT2D eigenvalue weighted by Gasteiger charge is -2.07. The fraction of sp³-hybridized carbons (Fsp3) is 0.133. The molecule has 2 N–H and O–H groups in total. The molecule has 2 aromatic carbocycles. The molecule has 1 heterocycles. The third kappa shape index (κ3) is 2.38. The number of nitrogen functional groups attached to an aromatic ring is 1. The molecule has 0 atom stereocenters. The molecule has 3 rings (SSSR count). The molecule has 5 nitrogen and oxygen atoms in total. The van der Waals surface area contributed by atoms with Crippen LogP contribution in [-0.4, -0.2) is 11.2 Å². The zero-order valence-electron chi connectivity index (χ0n) is 10.8. The Kier molecular flexibility index (Phi) is 3.16. The number of fused-ring (bicyclic) bond motifs is 1. The monoisotopic (exact) mass is 270 g/mol. The zero-order chi connectivity index (χ0) is 13.9. The van der Waals surface area contributed by atoms with Gasteiger partial charge in [-0.1, -0.05) is 18.2 Å². The number of hydrogen-bond acceptors (Lipinski definition) is 4. The summed E-state index contributed by atoms with van der Waals surface area (Å²) in [6, 6.07) is 14.5. The Morgan fingerprint density at radius 2 is 2.00 bits per heavy atom. The molecule has 1 aromatic heterocycles. The summed E-state index contributed by atoms with van der Waals surface area (Å²) in [5.74, 6) is 0.313. The van der Waals surface area contributed by atoms with Gasteiger partial charge in [0.05, 0.1) is 12.1 Å². The molecule has 0 aliphatic heterocycles. The Labute approximate surface area is 115 Å². The number of anilines is 1. The van der Waals surface area contributed by atoms with Crippen molar-refractivity contribution in [3.8, 4) is 5.75 Å². The fourth-order valence-electron chi connectivity index (χ4n) is 2.08. The van der Waals surface area contributed by atoms with Crippen molar-refractivity contribution in [3.05, 3.63) is 59.1 Å². The van der Waals surface area contributed by atoms with Gasteiger partial charge in [0.2, 0.25) is 0 Å². The number of para-hydroxylation sites is 2. The molecule has 0 saturated heterocycles. The van der Waals surface area contributed by atoms with E-state index in [1.54, 1.807) is 22.8 Å². The highest BCUT2D eigenvalue weighted by molar-refractivity contribution is 5.72. The summed E-state index contributed by atoms with van der Waals surface area (Å²) in [6.45, 7) is 0.789. The van der Waals surface area contributed by atoms with Crippen molar-refractivity contribution < 1.29 is 9.15 Å². The number of nitrogens with zero attached hydrogens (tertiary/aromatic N) is 1. The minimum absolute atomic E-state index is 0.368. The Balaban J connectivity index is 1.74. The Morgan fingerprint density at radius 3 is 2.85 bits per heavy atom. The van der Waals surface area contributed by atoms with Crippen LogP contribution in [0.15, 0.2) is 57.7 Å². The number of ether oxygens (including phenoxy) is 1. The Morgan fingerprint density at radius 1 is 1.15 bits per heavy atom. The smallest absolute Gasteiger partial charge is 0.420 e. The van der Waals surface area contributed by atoms with E-state index in [1.165, 1.54) is 0 Å². The van der Waals surface area contributed by atoms with E-state index in [0.717, 1.165) is 5.52 Å². The zero-order valence-corrected chi connectivity index (χ0v) is 10.8. The summed E-state index contributed by atoms with van der Waals surface area (Å²) in [6.07, 6.45) is 0. The van der Waals surface area contributed by atoms with Crippen LogP contribution in [0, 0.1) is 0 Å². The summed E-state index contributed by atoms with van der Waals surface area (Å²) >= 11 is 0. The van der Waals surface area contributed by atoms with Gasteiger partial charge >= 0.3 is 5.76 Å². The van der Waals surface area contributed by atoms with E-state index in [0.29, 0.717) is 30.2 Å². The van der Waals surface area contributed by atoms with Crippen molar-refractivity contribution >= 4 is 16.8 Å². The molecule has 102 valence electrons. The van der Waals surface area contributed by atoms with Gasteiger partial charge in [0.25, 0.3) is 0 Å². The fourth-order valence-corrected chi connectivity index (χ4v) is 2.08. The van der Waals surface area contributed by atoms with E-state index in [-0.39, 0.29) is 5.76 Å². The van der Waals surface area contributed by atoms with Gasteiger partial charge in [-0.2, -0.15) is 0 Å². The average molecular weight is 270 g/mol. The van der Waals surface area contributed by atoms with Crippen LogP contribution in [0.2, 0.25) is 0 Å². The number of hydrogen-bond donors (Lipinski definition) is 1. The van der Waals surface area contributed by atoms with Crippen LogP contribution in [0.25, 0.3) is 11.1 Å². The maximum atomic E-state index is 11.8. The minimum atomic E-state index is -0.373. The van der Waals surface area contributed by atoms with Gasteiger partial charge in [0.15, 0.2) is 5.58 Å². The molecule has 0 aliphatic carbocycles. The van der Waals surface area contributed by atoms with E-state index in [4.69, 9.17) is 14.9 Å². The SMILES string of the molecule is Nc1cccc(OCCn2c(=O)oc3ccccc32)c1. The standard InChI is InChI=1S/C15H14N2O3/c16-11-4-3-5-12(10-11)19-9-8-17-13-6-1-2-7-14(13)20-15(17)18/h1-7,10H,8-9,16H2. The molecule has 0 aliphatic rings. The van der Waals surface area contributed by atoms with Gasteiger partial charge in [-0.3, -0.25) is 4.57 Å². The molecule has 0 fully saturated rings. The van der Waals surface area contributed by atoms with Crippen LogP contribution in [0.3, 0.4) is 0 Å². The second-order valence-corrected chi connectivity index (χ2v) is 4.41. The first-order valence-electron chi connectivity index (χ1n) is 6.31. The minimum Gasteiger partial charge on any atom is -0.492 e. The van der Waals surface area contributed by atoms with Gasteiger partial charge in [0, 0.05) is 11.8 Å². The molecule has 0 saturated carbocycles. The van der Waals surface area contributed by atoms with Gasteiger partial charge < -0.3 is 14.9 Å². The second kappa shape index (κ2) is 5.13. The molecule has 3 aromatic rings. The third-order valence-electron chi connectivity index (χ3n) is 3.02. The van der Waals surface area contributed by atoms with E-state index in [1.807, 2.05) is 30.3 Å². The third-order valence-corrected chi connectivity index (χ3v) is 3.02. The normalized spacial score (nSPS) is 10.8. The van der Waals surface area contributed by atoms with Gasteiger partial charge in [-0.15, -0.1) is 0 Å². The first-order valence-corrected chi connectivity index (χ1v) is 6.31. The predicted octanol–water partition coefficient (Wildman–Crippen LogP) is 2.26. The maximum Gasteiger partial charge on any atom is 0.420 e. The average Bonchev–Trinajstić information content (AvgIpc) is 2.75. The molecular weight excluding hydrogens is 256 g/mol. The number of nitrogens with two attached hydrogens (primary N) is 1. The highest BCUT2D eigenvalue weighted by Gasteiger charge is 2.07. The molecule has 20 heavy (non-hydrogen) atoms. The first-order chi connectivity index (χ1) is 9.74. The number of aromatic nitrogens is 1. The first kappa shape index (κ1) is 12.3. The van der Waals surface area contributed by atoms with Crippen LogP contribution in [-0.2, 0) is 6.54 Å². The highest BCUT2D eigenvalue weighted by Crippen LogP contribution is 2.15. The van der Waals surface area contributed by atoms with E-state index in [9.17, 15) is 4.79 Å². The summed E-state index contributed by atoms with van der Waals surface area (Å²) in [4.78, 5) is 11.8. The lowest BCUT2D eigenvalue weighted by atomic mass is 10.3. The van der Waals surface area contributed by atoms with Crippen molar-refractivity contribution in [2.75, 3.05) is 12.3 Å². The van der Waals surface area contributed by atoms with Crippen molar-refractivity contribution in [2.24, 2.45) is 0 Å². The number of rotatable bonds is 4. The van der Waals surface area contributed by atoms with Crippen LogP contribution < -0.4 is 16.2 Å². The lowest BCUT2D eigenvalue weighted by molar-refractivity contribution is 0.294. The topological polar surface area (TPSA) is 70.4 Å². The number of benzene rings is 2. The van der Waals surface area contributed by atoms with E-state index < -0.39 is 0 Å². The molecular formula is C15H14N2O3. The summed E-state index contributed by atoms with van der Waals surface area (Å²) in [5, 5.41) is 0. The van der Waals surface area contributed by atoms with Gasteiger partial charge in [-0.25, -0.2) is 4.79 Å².